The highest BCUT2D eigenvalue weighted by molar-refractivity contribution is 7.07. The molecule has 3 heteroatoms. The lowest BCUT2D eigenvalue weighted by molar-refractivity contribution is 0.629. The van der Waals surface area contributed by atoms with Gasteiger partial charge >= 0.3 is 0 Å². The van der Waals surface area contributed by atoms with Crippen molar-refractivity contribution >= 4 is 17.0 Å². The van der Waals surface area contributed by atoms with E-state index in [2.05, 4.69) is 22.1 Å². The predicted molar refractivity (Wildman–Crippen MR) is 67.6 cm³/mol. The van der Waals surface area contributed by atoms with Gasteiger partial charge in [-0.25, -0.2) is 4.39 Å². The molecule has 0 radical (unpaired) electrons. The molecule has 16 heavy (non-hydrogen) atoms. The van der Waals surface area contributed by atoms with Gasteiger partial charge in [0, 0.05) is 6.54 Å². The Labute approximate surface area is 98.9 Å². The first-order chi connectivity index (χ1) is 7.75. The Morgan fingerprint density at radius 1 is 1.31 bits per heavy atom. The summed E-state index contributed by atoms with van der Waals surface area (Å²) in [5.41, 5.74) is 2.96. The second-order valence-electron chi connectivity index (χ2n) is 3.79. The highest BCUT2D eigenvalue weighted by Crippen LogP contribution is 2.15. The van der Waals surface area contributed by atoms with E-state index in [9.17, 15) is 4.39 Å². The van der Waals surface area contributed by atoms with Crippen molar-refractivity contribution in [1.82, 2.24) is 0 Å². The normalized spacial score (nSPS) is 10.4. The molecule has 1 aromatic carbocycles. The molecule has 2 aromatic rings. The second kappa shape index (κ2) is 5.12. The summed E-state index contributed by atoms with van der Waals surface area (Å²) >= 11 is 1.69. The Morgan fingerprint density at radius 3 is 2.94 bits per heavy atom. The van der Waals surface area contributed by atoms with Crippen molar-refractivity contribution in [2.45, 2.75) is 13.3 Å². The number of hydrogen-bond acceptors (Lipinski definition) is 2. The molecule has 84 valence electrons. The highest BCUT2D eigenvalue weighted by atomic mass is 32.1. The molecular formula is C13H14FNS. The lowest BCUT2D eigenvalue weighted by Crippen LogP contribution is -2.05. The summed E-state index contributed by atoms with van der Waals surface area (Å²) in [6.45, 7) is 2.72. The molecule has 1 N–H and O–H groups in total. The largest absolute Gasteiger partial charge is 0.382 e. The van der Waals surface area contributed by atoms with Gasteiger partial charge < -0.3 is 5.32 Å². The van der Waals surface area contributed by atoms with E-state index in [1.54, 1.807) is 17.4 Å². The summed E-state index contributed by atoms with van der Waals surface area (Å²) in [5, 5.41) is 7.30. The van der Waals surface area contributed by atoms with Crippen LogP contribution in [-0.4, -0.2) is 6.54 Å². The molecule has 0 saturated carbocycles. The Hall–Kier alpha value is -1.35. The quantitative estimate of drug-likeness (QED) is 0.848. The van der Waals surface area contributed by atoms with Crippen LogP contribution in [0, 0.1) is 12.7 Å². The molecular weight excluding hydrogens is 221 g/mol. The summed E-state index contributed by atoms with van der Waals surface area (Å²) in [4.78, 5) is 0. The summed E-state index contributed by atoms with van der Waals surface area (Å²) in [6, 6.07) is 7.21. The maximum absolute atomic E-state index is 13.4. The van der Waals surface area contributed by atoms with Gasteiger partial charge in [-0.3, -0.25) is 0 Å². The molecule has 1 nitrogen and oxygen atoms in total. The number of benzene rings is 1. The van der Waals surface area contributed by atoms with Gasteiger partial charge in [-0.05, 0) is 53.4 Å². The molecule has 0 bridgehead atoms. The fraction of sp³-hybridized carbons (Fsp3) is 0.231. The van der Waals surface area contributed by atoms with Gasteiger partial charge in [0.05, 0.1) is 5.69 Å². The molecule has 0 aliphatic carbocycles. The fourth-order valence-electron chi connectivity index (χ4n) is 1.55. The van der Waals surface area contributed by atoms with Crippen LogP contribution in [0.25, 0.3) is 0 Å². The molecule has 0 saturated heterocycles. The molecule has 1 heterocycles. The third kappa shape index (κ3) is 2.83. The summed E-state index contributed by atoms with van der Waals surface area (Å²) in [6.07, 6.45) is 0.927. The monoisotopic (exact) mass is 235 g/mol. The first-order valence-electron chi connectivity index (χ1n) is 5.27. The SMILES string of the molecule is Cc1ccc(F)c(NCCc2ccsc2)c1. The molecule has 2 rings (SSSR count). The average Bonchev–Trinajstić information content (AvgIpc) is 2.76. The van der Waals surface area contributed by atoms with Crippen LogP contribution in [0.5, 0.6) is 0 Å². The Morgan fingerprint density at radius 2 is 2.19 bits per heavy atom. The van der Waals surface area contributed by atoms with Gasteiger partial charge in [0.1, 0.15) is 5.82 Å². The van der Waals surface area contributed by atoms with E-state index in [0.717, 1.165) is 18.5 Å². The molecule has 1 aromatic heterocycles. The van der Waals surface area contributed by atoms with Gasteiger partial charge in [0.15, 0.2) is 0 Å². The van der Waals surface area contributed by atoms with Gasteiger partial charge in [-0.1, -0.05) is 6.07 Å². The lowest BCUT2D eigenvalue weighted by atomic mass is 10.2. The number of anilines is 1. The van der Waals surface area contributed by atoms with E-state index in [1.807, 2.05) is 13.0 Å². The third-order valence-electron chi connectivity index (χ3n) is 2.43. The Kier molecular flexibility index (Phi) is 3.57. The Balaban J connectivity index is 1.92. The van der Waals surface area contributed by atoms with E-state index in [1.165, 1.54) is 11.6 Å². The van der Waals surface area contributed by atoms with Gasteiger partial charge in [0.25, 0.3) is 0 Å². The van der Waals surface area contributed by atoms with Crippen molar-refractivity contribution in [2.24, 2.45) is 0 Å². The predicted octanol–water partition coefficient (Wildman–Crippen LogP) is 3.85. The zero-order valence-electron chi connectivity index (χ0n) is 9.16. The number of hydrogen-bond donors (Lipinski definition) is 1. The fourth-order valence-corrected chi connectivity index (χ4v) is 2.25. The number of halogens is 1. The van der Waals surface area contributed by atoms with Crippen LogP contribution >= 0.6 is 11.3 Å². The molecule has 0 unspecified atom stereocenters. The van der Waals surface area contributed by atoms with Crippen LogP contribution in [-0.2, 0) is 6.42 Å². The average molecular weight is 235 g/mol. The van der Waals surface area contributed by atoms with E-state index in [0.29, 0.717) is 5.69 Å². The second-order valence-corrected chi connectivity index (χ2v) is 4.57. The number of aryl methyl sites for hydroxylation is 1. The van der Waals surface area contributed by atoms with Crippen LogP contribution < -0.4 is 5.32 Å². The topological polar surface area (TPSA) is 12.0 Å². The third-order valence-corrected chi connectivity index (χ3v) is 3.16. The standard InChI is InChI=1S/C13H14FNS/c1-10-2-3-12(14)13(8-10)15-6-4-11-5-7-16-9-11/h2-3,5,7-9,15H,4,6H2,1H3. The first kappa shape index (κ1) is 11.1. The first-order valence-corrected chi connectivity index (χ1v) is 6.21. The minimum absolute atomic E-state index is 0.184. The molecule has 0 amide bonds. The van der Waals surface area contributed by atoms with Crippen LogP contribution in [0.1, 0.15) is 11.1 Å². The van der Waals surface area contributed by atoms with E-state index in [4.69, 9.17) is 0 Å². The maximum atomic E-state index is 13.4. The maximum Gasteiger partial charge on any atom is 0.146 e. The van der Waals surface area contributed by atoms with Crippen molar-refractivity contribution in [1.29, 1.82) is 0 Å². The summed E-state index contributed by atoms with van der Waals surface area (Å²) in [7, 11) is 0. The van der Waals surface area contributed by atoms with Crippen LogP contribution in [0.3, 0.4) is 0 Å². The van der Waals surface area contributed by atoms with Crippen LogP contribution in [0.4, 0.5) is 10.1 Å². The minimum atomic E-state index is -0.184. The van der Waals surface area contributed by atoms with Crippen molar-refractivity contribution in [3.8, 4) is 0 Å². The van der Waals surface area contributed by atoms with Crippen molar-refractivity contribution in [3.63, 3.8) is 0 Å². The van der Waals surface area contributed by atoms with Crippen LogP contribution in [0.2, 0.25) is 0 Å². The summed E-state index contributed by atoms with van der Waals surface area (Å²) < 4.78 is 13.4. The molecule has 0 atom stereocenters. The summed E-state index contributed by atoms with van der Waals surface area (Å²) in [5.74, 6) is -0.184. The van der Waals surface area contributed by atoms with E-state index in [-0.39, 0.29) is 5.82 Å². The smallest absolute Gasteiger partial charge is 0.146 e. The van der Waals surface area contributed by atoms with Crippen molar-refractivity contribution in [2.75, 3.05) is 11.9 Å². The van der Waals surface area contributed by atoms with E-state index >= 15 is 0 Å². The molecule has 0 aliphatic heterocycles. The number of thiophene rings is 1. The highest BCUT2D eigenvalue weighted by Gasteiger charge is 2.01. The van der Waals surface area contributed by atoms with Gasteiger partial charge in [-0.15, -0.1) is 0 Å². The van der Waals surface area contributed by atoms with Crippen molar-refractivity contribution in [3.05, 3.63) is 52.0 Å². The van der Waals surface area contributed by atoms with Gasteiger partial charge in [0.2, 0.25) is 0 Å². The number of nitrogens with one attached hydrogen (secondary N) is 1. The zero-order chi connectivity index (χ0) is 11.4. The van der Waals surface area contributed by atoms with Gasteiger partial charge in [-0.2, -0.15) is 11.3 Å². The lowest BCUT2D eigenvalue weighted by Gasteiger charge is -2.07. The molecule has 0 fully saturated rings. The Bertz CT molecular complexity index is 451. The van der Waals surface area contributed by atoms with Crippen LogP contribution in [0.15, 0.2) is 35.0 Å². The minimum Gasteiger partial charge on any atom is -0.382 e. The molecule has 0 spiro atoms. The number of rotatable bonds is 4. The zero-order valence-corrected chi connectivity index (χ0v) is 9.98. The molecule has 0 aliphatic rings. The van der Waals surface area contributed by atoms with E-state index < -0.39 is 0 Å². The van der Waals surface area contributed by atoms with Crippen molar-refractivity contribution < 1.29 is 4.39 Å².